The molecule has 0 saturated heterocycles. The topological polar surface area (TPSA) is 105 Å². The number of H-pyrrole nitrogens is 1. The summed E-state index contributed by atoms with van der Waals surface area (Å²) in [6.07, 6.45) is 4.97. The molecular weight excluding hydrogens is 308 g/mol. The lowest BCUT2D eigenvalue weighted by Gasteiger charge is -2.07. The zero-order chi connectivity index (χ0) is 16.5. The number of carbonyl (C=O) groups excluding carboxylic acids is 1. The van der Waals surface area contributed by atoms with E-state index in [9.17, 15) is 4.79 Å². The molecule has 0 spiro atoms. The Morgan fingerprint density at radius 1 is 1.33 bits per heavy atom. The van der Waals surface area contributed by atoms with E-state index in [0.29, 0.717) is 35.7 Å². The number of aliphatic imine (C=N–C) groups is 1. The van der Waals surface area contributed by atoms with Crippen molar-refractivity contribution in [1.82, 2.24) is 19.9 Å². The van der Waals surface area contributed by atoms with Gasteiger partial charge in [0.25, 0.3) is 0 Å². The van der Waals surface area contributed by atoms with Gasteiger partial charge in [-0.3, -0.25) is 9.98 Å². The molecule has 0 fully saturated rings. The summed E-state index contributed by atoms with van der Waals surface area (Å²) >= 11 is 0. The number of carbonyl (C=O) groups is 1. The minimum absolute atomic E-state index is 0.313. The quantitative estimate of drug-likeness (QED) is 0.713. The summed E-state index contributed by atoms with van der Waals surface area (Å²) < 4.78 is 5.00. The molecule has 2 N–H and O–H groups in total. The number of aromatic nitrogens is 4. The Hall–Kier alpha value is -3.29. The molecule has 0 unspecified atom stereocenters. The van der Waals surface area contributed by atoms with Crippen molar-refractivity contribution < 1.29 is 9.53 Å². The molecule has 24 heavy (non-hydrogen) atoms. The molecule has 1 aliphatic heterocycles. The Morgan fingerprint density at radius 2 is 2.25 bits per heavy atom. The predicted molar refractivity (Wildman–Crippen MR) is 88.7 cm³/mol. The van der Waals surface area contributed by atoms with E-state index in [-0.39, 0.29) is 0 Å². The SMILES string of the molecule is CCOC(=O)c1cc2c(Nc3cnc4c(c3)C=NC4)ncnc2[nH]1. The Balaban J connectivity index is 1.69. The molecular formula is C16H14N6O2. The molecule has 0 aromatic carbocycles. The molecule has 1 aliphatic rings. The summed E-state index contributed by atoms with van der Waals surface area (Å²) in [5.41, 5.74) is 3.65. The van der Waals surface area contributed by atoms with E-state index >= 15 is 0 Å². The van der Waals surface area contributed by atoms with Gasteiger partial charge in [0.2, 0.25) is 0 Å². The molecule has 4 rings (SSSR count). The molecule has 0 amide bonds. The zero-order valence-electron chi connectivity index (χ0n) is 12.9. The van der Waals surface area contributed by atoms with E-state index < -0.39 is 5.97 Å². The van der Waals surface area contributed by atoms with Crippen LogP contribution >= 0.6 is 0 Å². The van der Waals surface area contributed by atoms with Gasteiger partial charge in [-0.25, -0.2) is 14.8 Å². The monoisotopic (exact) mass is 322 g/mol. The molecule has 0 bridgehead atoms. The molecule has 0 radical (unpaired) electrons. The second kappa shape index (κ2) is 5.73. The van der Waals surface area contributed by atoms with Gasteiger partial charge < -0.3 is 15.0 Å². The fraction of sp³-hybridized carbons (Fsp3) is 0.188. The average Bonchev–Trinajstić information content (AvgIpc) is 3.21. The van der Waals surface area contributed by atoms with Crippen molar-refractivity contribution in [2.24, 2.45) is 4.99 Å². The number of esters is 1. The standard InChI is InChI=1S/C16H14N6O2/c1-2-24-16(23)12-4-11-14(19-8-20-15(11)22-12)21-10-3-9-5-17-7-13(9)18-6-10/h3-6,8H,2,7H2,1H3,(H2,19,20,21,22). The molecule has 4 heterocycles. The maximum Gasteiger partial charge on any atom is 0.354 e. The number of rotatable bonds is 4. The van der Waals surface area contributed by atoms with E-state index in [1.807, 2.05) is 6.07 Å². The molecule has 8 nitrogen and oxygen atoms in total. The lowest BCUT2D eigenvalue weighted by molar-refractivity contribution is 0.0520. The Bertz CT molecular complexity index is 962. The highest BCUT2D eigenvalue weighted by molar-refractivity contribution is 5.98. The summed E-state index contributed by atoms with van der Waals surface area (Å²) in [6.45, 7) is 2.69. The first-order valence-corrected chi connectivity index (χ1v) is 7.51. The maximum absolute atomic E-state index is 11.9. The smallest absolute Gasteiger partial charge is 0.354 e. The minimum Gasteiger partial charge on any atom is -0.461 e. The number of anilines is 2. The number of hydrogen-bond donors (Lipinski definition) is 2. The second-order valence-corrected chi connectivity index (χ2v) is 5.24. The van der Waals surface area contributed by atoms with E-state index in [4.69, 9.17) is 4.74 Å². The molecule has 3 aromatic heterocycles. The van der Waals surface area contributed by atoms with Crippen LogP contribution in [0.4, 0.5) is 11.5 Å². The van der Waals surface area contributed by atoms with Crippen LogP contribution in [0.2, 0.25) is 0 Å². The molecule has 0 saturated carbocycles. The molecule has 120 valence electrons. The van der Waals surface area contributed by atoms with Crippen molar-refractivity contribution in [1.29, 1.82) is 0 Å². The average molecular weight is 322 g/mol. The van der Waals surface area contributed by atoms with Crippen LogP contribution in [-0.4, -0.2) is 38.7 Å². The van der Waals surface area contributed by atoms with Gasteiger partial charge in [0.15, 0.2) is 0 Å². The fourth-order valence-corrected chi connectivity index (χ4v) is 2.55. The first-order valence-electron chi connectivity index (χ1n) is 7.51. The highest BCUT2D eigenvalue weighted by atomic mass is 16.5. The van der Waals surface area contributed by atoms with E-state index in [2.05, 4.69) is 30.2 Å². The number of nitrogens with one attached hydrogen (secondary N) is 2. The Kier molecular flexibility index (Phi) is 3.42. The fourth-order valence-electron chi connectivity index (χ4n) is 2.55. The Morgan fingerprint density at radius 3 is 3.12 bits per heavy atom. The maximum atomic E-state index is 11.9. The van der Waals surface area contributed by atoms with Crippen molar-refractivity contribution in [2.45, 2.75) is 13.5 Å². The molecule has 8 heteroatoms. The van der Waals surface area contributed by atoms with Crippen LogP contribution in [0.3, 0.4) is 0 Å². The van der Waals surface area contributed by atoms with Gasteiger partial charge >= 0.3 is 5.97 Å². The van der Waals surface area contributed by atoms with E-state index in [1.165, 1.54) is 6.33 Å². The van der Waals surface area contributed by atoms with Gasteiger partial charge in [0, 0.05) is 11.8 Å². The van der Waals surface area contributed by atoms with Crippen LogP contribution in [0.15, 0.2) is 29.6 Å². The number of fused-ring (bicyclic) bond motifs is 2. The summed E-state index contributed by atoms with van der Waals surface area (Å²) in [4.78, 5) is 31.8. The molecule has 0 aliphatic carbocycles. The van der Waals surface area contributed by atoms with Gasteiger partial charge in [0.05, 0.1) is 36.1 Å². The van der Waals surface area contributed by atoms with Gasteiger partial charge in [-0.2, -0.15) is 0 Å². The van der Waals surface area contributed by atoms with Crippen LogP contribution in [0.25, 0.3) is 11.0 Å². The van der Waals surface area contributed by atoms with E-state index in [0.717, 1.165) is 16.9 Å². The highest BCUT2D eigenvalue weighted by Crippen LogP contribution is 2.25. The van der Waals surface area contributed by atoms with Gasteiger partial charge in [-0.15, -0.1) is 0 Å². The predicted octanol–water partition coefficient (Wildman–Crippen LogP) is 2.21. The highest BCUT2D eigenvalue weighted by Gasteiger charge is 2.15. The lowest BCUT2D eigenvalue weighted by Crippen LogP contribution is -2.04. The second-order valence-electron chi connectivity index (χ2n) is 5.24. The van der Waals surface area contributed by atoms with Gasteiger partial charge in [-0.05, 0) is 19.1 Å². The molecule has 0 atom stereocenters. The third-order valence-electron chi connectivity index (χ3n) is 3.66. The summed E-state index contributed by atoms with van der Waals surface area (Å²) in [6, 6.07) is 3.64. The summed E-state index contributed by atoms with van der Waals surface area (Å²) in [7, 11) is 0. The first-order chi connectivity index (χ1) is 11.7. The number of aromatic amines is 1. The normalized spacial score (nSPS) is 12.4. The van der Waals surface area contributed by atoms with Crippen LogP contribution < -0.4 is 5.32 Å². The minimum atomic E-state index is -0.420. The van der Waals surface area contributed by atoms with E-state index in [1.54, 1.807) is 25.4 Å². The largest absolute Gasteiger partial charge is 0.461 e. The Labute approximate surface area is 137 Å². The van der Waals surface area contributed by atoms with Gasteiger partial charge in [-0.1, -0.05) is 0 Å². The van der Waals surface area contributed by atoms with Crippen LogP contribution in [0.5, 0.6) is 0 Å². The van der Waals surface area contributed by atoms with Crippen LogP contribution in [-0.2, 0) is 11.3 Å². The van der Waals surface area contributed by atoms with Crippen molar-refractivity contribution in [3.63, 3.8) is 0 Å². The number of nitrogens with zero attached hydrogens (tertiary/aromatic N) is 4. The van der Waals surface area contributed by atoms with Gasteiger partial charge in [0.1, 0.15) is 23.5 Å². The van der Waals surface area contributed by atoms with Crippen LogP contribution in [0.1, 0.15) is 28.7 Å². The van der Waals surface area contributed by atoms with Crippen molar-refractivity contribution in [3.8, 4) is 0 Å². The number of hydrogen-bond acceptors (Lipinski definition) is 7. The summed E-state index contributed by atoms with van der Waals surface area (Å²) in [5, 5.41) is 3.92. The zero-order valence-corrected chi connectivity index (χ0v) is 12.9. The van der Waals surface area contributed by atoms with Crippen molar-refractivity contribution in [2.75, 3.05) is 11.9 Å². The third kappa shape index (κ3) is 2.47. The van der Waals surface area contributed by atoms with Crippen molar-refractivity contribution in [3.05, 3.63) is 41.6 Å². The number of ether oxygens (including phenoxy) is 1. The van der Waals surface area contributed by atoms with Crippen LogP contribution in [0, 0.1) is 0 Å². The van der Waals surface area contributed by atoms with Crippen molar-refractivity contribution >= 4 is 34.7 Å². The molecule has 3 aromatic rings. The summed E-state index contributed by atoms with van der Waals surface area (Å²) in [5.74, 6) is 0.167. The number of pyridine rings is 1. The lowest BCUT2D eigenvalue weighted by atomic mass is 10.2. The first kappa shape index (κ1) is 14.3. The third-order valence-corrected chi connectivity index (χ3v) is 3.66.